The van der Waals surface area contributed by atoms with Gasteiger partial charge in [0, 0.05) is 0 Å². The topological polar surface area (TPSA) is 84.9 Å². The van der Waals surface area contributed by atoms with Crippen molar-refractivity contribution in [1.29, 1.82) is 0 Å². The van der Waals surface area contributed by atoms with Crippen LogP contribution in [0.4, 0.5) is 10.5 Å². The minimum atomic E-state index is -0.816. The molecular formula is C28H23BrCl2N2O5. The summed E-state index contributed by atoms with van der Waals surface area (Å²) in [6, 6.07) is 16.1. The van der Waals surface area contributed by atoms with Crippen LogP contribution >= 0.6 is 39.1 Å². The third kappa shape index (κ3) is 6.56. The molecule has 7 nitrogen and oxygen atoms in total. The number of barbiturate groups is 1. The first-order valence-electron chi connectivity index (χ1n) is 11.8. The van der Waals surface area contributed by atoms with Crippen molar-refractivity contribution < 1.29 is 23.9 Å². The first-order valence-corrected chi connectivity index (χ1v) is 13.3. The van der Waals surface area contributed by atoms with Gasteiger partial charge in [0.2, 0.25) is 0 Å². The van der Waals surface area contributed by atoms with Gasteiger partial charge in [-0.3, -0.25) is 14.9 Å². The van der Waals surface area contributed by atoms with Crippen molar-refractivity contribution in [2.24, 2.45) is 0 Å². The van der Waals surface area contributed by atoms with E-state index in [0.29, 0.717) is 43.9 Å². The fraction of sp³-hybridized carbons (Fsp3) is 0.179. The van der Waals surface area contributed by atoms with Crippen molar-refractivity contribution in [3.05, 3.63) is 91.9 Å². The molecular weight excluding hydrogens is 595 g/mol. The van der Waals surface area contributed by atoms with Gasteiger partial charge in [-0.2, -0.15) is 0 Å². The number of ether oxygens (including phenoxy) is 2. The standard InChI is InChI=1S/C28H23BrCl2N2O5/c1-2-3-12-37-20-8-6-19(7-9-20)33-27(35)21(26(34)32-28(33)36)13-17-5-11-25(22(29)14-17)38-16-18-4-10-23(30)24(31)15-18/h4-11,13-15H,2-3,12,16H2,1H3,(H,32,34,36)/b21-13-. The normalized spacial score (nSPS) is 14.6. The average Bonchev–Trinajstić information content (AvgIpc) is 2.89. The molecule has 10 heteroatoms. The van der Waals surface area contributed by atoms with E-state index in [1.165, 1.54) is 6.08 Å². The predicted octanol–water partition coefficient (Wildman–Crippen LogP) is 7.18. The smallest absolute Gasteiger partial charge is 0.335 e. The number of nitrogens with one attached hydrogen (secondary N) is 1. The molecule has 38 heavy (non-hydrogen) atoms. The zero-order chi connectivity index (χ0) is 27.2. The third-order valence-corrected chi connectivity index (χ3v) is 6.97. The Bertz CT molecular complexity index is 1410. The summed E-state index contributed by atoms with van der Waals surface area (Å²) in [4.78, 5) is 39.2. The molecule has 196 valence electrons. The highest BCUT2D eigenvalue weighted by molar-refractivity contribution is 9.10. The van der Waals surface area contributed by atoms with Gasteiger partial charge in [-0.25, -0.2) is 9.69 Å². The molecule has 1 saturated heterocycles. The molecule has 0 unspecified atom stereocenters. The molecule has 0 radical (unpaired) electrons. The Balaban J connectivity index is 1.50. The number of amides is 4. The number of nitrogens with zero attached hydrogens (tertiary/aromatic N) is 1. The minimum absolute atomic E-state index is 0.177. The molecule has 1 N–H and O–H groups in total. The van der Waals surface area contributed by atoms with E-state index < -0.39 is 17.8 Å². The lowest BCUT2D eigenvalue weighted by molar-refractivity contribution is -0.122. The highest BCUT2D eigenvalue weighted by Gasteiger charge is 2.36. The van der Waals surface area contributed by atoms with E-state index in [4.69, 9.17) is 32.7 Å². The number of benzene rings is 3. The zero-order valence-corrected chi connectivity index (χ0v) is 23.4. The summed E-state index contributed by atoms with van der Waals surface area (Å²) in [5, 5.41) is 3.13. The van der Waals surface area contributed by atoms with Crippen LogP contribution in [0.2, 0.25) is 10.0 Å². The summed E-state index contributed by atoms with van der Waals surface area (Å²) in [5.41, 5.74) is 1.55. The van der Waals surface area contributed by atoms with Gasteiger partial charge in [0.25, 0.3) is 11.8 Å². The quantitative estimate of drug-likeness (QED) is 0.156. The van der Waals surface area contributed by atoms with Gasteiger partial charge in [0.15, 0.2) is 0 Å². The van der Waals surface area contributed by atoms with E-state index in [0.717, 1.165) is 23.3 Å². The lowest BCUT2D eigenvalue weighted by Crippen LogP contribution is -2.54. The second-order valence-electron chi connectivity index (χ2n) is 8.38. The Morgan fingerprint density at radius 1 is 0.947 bits per heavy atom. The molecule has 1 aliphatic rings. The number of imide groups is 2. The Hall–Kier alpha value is -3.33. The molecule has 3 aromatic rings. The highest BCUT2D eigenvalue weighted by atomic mass is 79.9. The van der Waals surface area contributed by atoms with Crippen molar-refractivity contribution >= 4 is 68.7 Å². The summed E-state index contributed by atoms with van der Waals surface area (Å²) in [5.74, 6) is -0.317. The molecule has 0 aliphatic carbocycles. The van der Waals surface area contributed by atoms with Crippen molar-refractivity contribution in [3.8, 4) is 11.5 Å². The Kier molecular flexibility index (Phi) is 9.09. The van der Waals surface area contributed by atoms with Gasteiger partial charge in [-0.15, -0.1) is 0 Å². The molecule has 3 aromatic carbocycles. The zero-order valence-electron chi connectivity index (χ0n) is 20.3. The molecule has 0 aromatic heterocycles. The Labute approximate surface area is 238 Å². The molecule has 1 fully saturated rings. The van der Waals surface area contributed by atoms with Gasteiger partial charge < -0.3 is 9.47 Å². The van der Waals surface area contributed by atoms with Gasteiger partial charge in [-0.1, -0.05) is 48.7 Å². The molecule has 4 rings (SSSR count). The molecule has 4 amide bonds. The number of halogens is 3. The highest BCUT2D eigenvalue weighted by Crippen LogP contribution is 2.30. The van der Waals surface area contributed by atoms with Crippen molar-refractivity contribution in [1.82, 2.24) is 5.32 Å². The van der Waals surface area contributed by atoms with Crippen molar-refractivity contribution in [2.45, 2.75) is 26.4 Å². The maximum Gasteiger partial charge on any atom is 0.335 e. The van der Waals surface area contributed by atoms with Crippen LogP contribution in [0.5, 0.6) is 11.5 Å². The van der Waals surface area contributed by atoms with Crippen LogP contribution < -0.4 is 19.7 Å². The molecule has 0 saturated carbocycles. The van der Waals surface area contributed by atoms with Crippen LogP contribution in [0, 0.1) is 0 Å². The van der Waals surface area contributed by atoms with Gasteiger partial charge in [0.05, 0.1) is 26.8 Å². The lowest BCUT2D eigenvalue weighted by Gasteiger charge is -2.26. The minimum Gasteiger partial charge on any atom is -0.494 e. The van der Waals surface area contributed by atoms with Crippen LogP contribution in [0.15, 0.2) is 70.7 Å². The lowest BCUT2D eigenvalue weighted by atomic mass is 10.1. The van der Waals surface area contributed by atoms with Gasteiger partial charge in [-0.05, 0) is 88.1 Å². The number of anilines is 1. The average molecular weight is 618 g/mol. The van der Waals surface area contributed by atoms with Crippen molar-refractivity contribution in [3.63, 3.8) is 0 Å². The molecule has 0 bridgehead atoms. The van der Waals surface area contributed by atoms with E-state index in [9.17, 15) is 14.4 Å². The fourth-order valence-electron chi connectivity index (χ4n) is 3.60. The van der Waals surface area contributed by atoms with Gasteiger partial charge >= 0.3 is 6.03 Å². The maximum atomic E-state index is 13.2. The SMILES string of the molecule is CCCCOc1ccc(N2C(=O)NC(=O)/C(=C/c3ccc(OCc4ccc(Cl)c(Cl)c4)c(Br)c3)C2=O)cc1. The first kappa shape index (κ1) is 27.7. The van der Waals surface area contributed by atoms with Crippen LogP contribution in [0.3, 0.4) is 0 Å². The number of carbonyl (C=O) groups excluding carboxylic acids is 3. The molecule has 1 aliphatic heterocycles. The van der Waals surface area contributed by atoms with Crippen LogP contribution in [-0.4, -0.2) is 24.5 Å². The fourth-order valence-corrected chi connectivity index (χ4v) is 4.43. The van der Waals surface area contributed by atoms with E-state index >= 15 is 0 Å². The summed E-state index contributed by atoms with van der Waals surface area (Å²) in [6.45, 7) is 2.91. The van der Waals surface area contributed by atoms with E-state index in [1.807, 2.05) is 6.07 Å². The first-order chi connectivity index (χ1) is 18.3. The number of hydrogen-bond acceptors (Lipinski definition) is 5. The van der Waals surface area contributed by atoms with Crippen LogP contribution in [0.1, 0.15) is 30.9 Å². The third-order valence-electron chi connectivity index (χ3n) is 5.61. The number of rotatable bonds is 9. The van der Waals surface area contributed by atoms with E-state index in [1.54, 1.807) is 54.6 Å². The Morgan fingerprint density at radius 2 is 1.71 bits per heavy atom. The maximum absolute atomic E-state index is 13.2. The van der Waals surface area contributed by atoms with Crippen molar-refractivity contribution in [2.75, 3.05) is 11.5 Å². The second-order valence-corrected chi connectivity index (χ2v) is 10.0. The summed E-state index contributed by atoms with van der Waals surface area (Å²) >= 11 is 15.5. The van der Waals surface area contributed by atoms with Gasteiger partial charge in [0.1, 0.15) is 23.7 Å². The summed E-state index contributed by atoms with van der Waals surface area (Å²) < 4.78 is 12.1. The molecule has 0 spiro atoms. The number of unbranched alkanes of at least 4 members (excludes halogenated alkanes) is 1. The Morgan fingerprint density at radius 3 is 2.39 bits per heavy atom. The summed E-state index contributed by atoms with van der Waals surface area (Å²) in [7, 11) is 0. The monoisotopic (exact) mass is 616 g/mol. The number of urea groups is 1. The van der Waals surface area contributed by atoms with E-state index in [-0.39, 0.29) is 12.2 Å². The number of hydrogen-bond donors (Lipinski definition) is 1. The molecule has 1 heterocycles. The van der Waals surface area contributed by atoms with Crippen LogP contribution in [0.25, 0.3) is 6.08 Å². The second kappa shape index (κ2) is 12.5. The number of carbonyl (C=O) groups is 3. The molecule has 0 atom stereocenters. The summed E-state index contributed by atoms with van der Waals surface area (Å²) in [6.07, 6.45) is 3.35. The van der Waals surface area contributed by atoms with E-state index in [2.05, 4.69) is 28.2 Å². The largest absolute Gasteiger partial charge is 0.494 e. The van der Waals surface area contributed by atoms with Crippen LogP contribution in [-0.2, 0) is 16.2 Å². The predicted molar refractivity (Wildman–Crippen MR) is 151 cm³/mol.